The van der Waals surface area contributed by atoms with E-state index in [1.165, 1.54) is 11.8 Å². The van der Waals surface area contributed by atoms with E-state index in [1.54, 1.807) is 24.3 Å². The maximum Gasteiger partial charge on any atom is 0.308 e. The molecule has 1 aliphatic rings. The van der Waals surface area contributed by atoms with E-state index in [1.807, 2.05) is 32.0 Å². The lowest BCUT2D eigenvalue weighted by Crippen LogP contribution is -2.30. The topological polar surface area (TPSA) is 83.9 Å². The maximum atomic E-state index is 13.1. The summed E-state index contributed by atoms with van der Waals surface area (Å²) >= 11 is 0. The van der Waals surface area contributed by atoms with Gasteiger partial charge in [0.25, 0.3) is 11.7 Å². The first-order valence-electron chi connectivity index (χ1n) is 11.1. The molecule has 0 saturated carbocycles. The summed E-state index contributed by atoms with van der Waals surface area (Å²) in [6.07, 6.45) is 0.660. The van der Waals surface area contributed by atoms with Gasteiger partial charge in [0, 0.05) is 19.0 Å². The van der Waals surface area contributed by atoms with Gasteiger partial charge < -0.3 is 14.7 Å². The number of aliphatic hydroxyl groups is 1. The molecule has 1 atom stereocenters. The van der Waals surface area contributed by atoms with Crippen LogP contribution in [0.25, 0.3) is 5.76 Å². The molecule has 1 fully saturated rings. The highest BCUT2D eigenvalue weighted by Gasteiger charge is 2.45. The van der Waals surface area contributed by atoms with Gasteiger partial charge in [0.15, 0.2) is 0 Å². The number of ether oxygens (including phenoxy) is 1. The van der Waals surface area contributed by atoms with Crippen molar-refractivity contribution in [3.8, 4) is 5.75 Å². The van der Waals surface area contributed by atoms with Crippen molar-refractivity contribution >= 4 is 23.4 Å². The number of esters is 1. The van der Waals surface area contributed by atoms with Crippen molar-refractivity contribution in [3.05, 3.63) is 70.3 Å². The number of Topliss-reactive ketones (excluding diaryl/α,β-unsaturated/α-hetero) is 1. The van der Waals surface area contributed by atoms with Crippen LogP contribution in [0.3, 0.4) is 0 Å². The Kier molecular flexibility index (Phi) is 6.77. The second-order valence-electron chi connectivity index (χ2n) is 9.43. The van der Waals surface area contributed by atoms with E-state index < -0.39 is 23.7 Å². The second-order valence-corrected chi connectivity index (χ2v) is 9.43. The van der Waals surface area contributed by atoms with Gasteiger partial charge >= 0.3 is 5.97 Å². The van der Waals surface area contributed by atoms with Crippen LogP contribution in [0.1, 0.15) is 69.3 Å². The van der Waals surface area contributed by atoms with Gasteiger partial charge in [-0.15, -0.1) is 0 Å². The summed E-state index contributed by atoms with van der Waals surface area (Å²) in [6.45, 7) is 11.7. The Morgan fingerprint density at radius 3 is 2.27 bits per heavy atom. The highest BCUT2D eigenvalue weighted by molar-refractivity contribution is 6.46. The molecule has 0 spiro atoms. The lowest BCUT2D eigenvalue weighted by Gasteiger charge is -2.25. The number of carbonyl (C=O) groups is 3. The number of aliphatic hydroxyl groups excluding tert-OH is 1. The Labute approximate surface area is 194 Å². The SMILES string of the molecule is CCCN1C(=O)C(=O)/C(=C(/O)c2cc(C(C)(C)C)ccc2C)C1c1ccc(OC(C)=O)cc1. The van der Waals surface area contributed by atoms with Crippen molar-refractivity contribution in [2.45, 2.75) is 59.4 Å². The molecule has 174 valence electrons. The van der Waals surface area contributed by atoms with Gasteiger partial charge in [0.1, 0.15) is 11.5 Å². The molecular formula is C27H31NO5. The van der Waals surface area contributed by atoms with Crippen LogP contribution >= 0.6 is 0 Å². The molecule has 0 radical (unpaired) electrons. The summed E-state index contributed by atoms with van der Waals surface area (Å²) in [5, 5.41) is 11.4. The maximum absolute atomic E-state index is 13.1. The molecule has 6 heteroatoms. The summed E-state index contributed by atoms with van der Waals surface area (Å²) in [6, 6.07) is 11.7. The lowest BCUT2D eigenvalue weighted by molar-refractivity contribution is -0.139. The second kappa shape index (κ2) is 9.22. The number of rotatable bonds is 5. The zero-order valence-electron chi connectivity index (χ0n) is 20.1. The van der Waals surface area contributed by atoms with Crippen LogP contribution in [-0.4, -0.2) is 34.2 Å². The highest BCUT2D eigenvalue weighted by atomic mass is 16.5. The van der Waals surface area contributed by atoms with E-state index in [9.17, 15) is 19.5 Å². The van der Waals surface area contributed by atoms with Gasteiger partial charge in [-0.1, -0.05) is 52.0 Å². The molecule has 1 heterocycles. The fourth-order valence-electron chi connectivity index (χ4n) is 4.07. The molecule has 1 saturated heterocycles. The van der Waals surface area contributed by atoms with E-state index >= 15 is 0 Å². The first-order valence-corrected chi connectivity index (χ1v) is 11.1. The minimum Gasteiger partial charge on any atom is -0.507 e. The molecule has 3 rings (SSSR count). The summed E-state index contributed by atoms with van der Waals surface area (Å²) in [5.74, 6) is -1.57. The zero-order valence-corrected chi connectivity index (χ0v) is 20.1. The molecule has 1 N–H and O–H groups in total. The smallest absolute Gasteiger partial charge is 0.308 e. The van der Waals surface area contributed by atoms with Crippen LogP contribution < -0.4 is 4.74 Å². The largest absolute Gasteiger partial charge is 0.507 e. The normalized spacial score (nSPS) is 18.0. The van der Waals surface area contributed by atoms with E-state index in [2.05, 4.69) is 20.8 Å². The third kappa shape index (κ3) is 4.85. The number of amides is 1. The number of likely N-dealkylation sites (tertiary alicyclic amines) is 1. The Hall–Kier alpha value is -3.41. The van der Waals surface area contributed by atoms with Crippen LogP contribution in [0.4, 0.5) is 0 Å². The summed E-state index contributed by atoms with van der Waals surface area (Å²) < 4.78 is 5.10. The molecule has 1 aliphatic heterocycles. The number of hydrogen-bond donors (Lipinski definition) is 1. The Morgan fingerprint density at radius 2 is 1.73 bits per heavy atom. The minimum absolute atomic E-state index is 0.0721. The van der Waals surface area contributed by atoms with Gasteiger partial charge in [0.05, 0.1) is 11.6 Å². The lowest BCUT2D eigenvalue weighted by atomic mass is 9.84. The van der Waals surface area contributed by atoms with E-state index in [4.69, 9.17) is 4.74 Å². The molecule has 0 bridgehead atoms. The summed E-state index contributed by atoms with van der Waals surface area (Å²) in [5.41, 5.74) is 2.94. The predicted molar refractivity (Wildman–Crippen MR) is 127 cm³/mol. The number of aryl methyl sites for hydroxylation is 1. The molecule has 2 aromatic rings. The minimum atomic E-state index is -0.728. The fraction of sp³-hybridized carbons (Fsp3) is 0.370. The van der Waals surface area contributed by atoms with Crippen LogP contribution in [0.2, 0.25) is 0 Å². The van der Waals surface area contributed by atoms with Gasteiger partial charge in [-0.05, 0) is 53.6 Å². The molecule has 1 unspecified atom stereocenters. The van der Waals surface area contributed by atoms with Gasteiger partial charge in [-0.25, -0.2) is 0 Å². The van der Waals surface area contributed by atoms with Gasteiger partial charge in [-0.2, -0.15) is 0 Å². The van der Waals surface area contributed by atoms with Crippen LogP contribution in [0.15, 0.2) is 48.0 Å². The number of carbonyl (C=O) groups excluding carboxylic acids is 3. The average molecular weight is 450 g/mol. The van der Waals surface area contributed by atoms with Crippen molar-refractivity contribution in [1.29, 1.82) is 0 Å². The average Bonchev–Trinajstić information content (AvgIpc) is 2.98. The van der Waals surface area contributed by atoms with Crippen molar-refractivity contribution in [3.63, 3.8) is 0 Å². The molecule has 2 aromatic carbocycles. The number of nitrogens with zero attached hydrogens (tertiary/aromatic N) is 1. The fourth-order valence-corrected chi connectivity index (χ4v) is 4.07. The van der Waals surface area contributed by atoms with Crippen LogP contribution in [0.5, 0.6) is 5.75 Å². The van der Waals surface area contributed by atoms with Gasteiger partial charge in [-0.3, -0.25) is 14.4 Å². The quantitative estimate of drug-likeness (QED) is 0.227. The van der Waals surface area contributed by atoms with Crippen molar-refractivity contribution < 1.29 is 24.2 Å². The predicted octanol–water partition coefficient (Wildman–Crippen LogP) is 5.05. The highest BCUT2D eigenvalue weighted by Crippen LogP contribution is 2.41. The van der Waals surface area contributed by atoms with E-state index in [0.29, 0.717) is 29.8 Å². The number of hydrogen-bond acceptors (Lipinski definition) is 5. The van der Waals surface area contributed by atoms with Crippen LogP contribution in [-0.2, 0) is 19.8 Å². The Bertz CT molecular complexity index is 1120. The summed E-state index contributed by atoms with van der Waals surface area (Å²) in [7, 11) is 0. The first kappa shape index (κ1) is 24.2. The first-order chi connectivity index (χ1) is 15.5. The third-order valence-corrected chi connectivity index (χ3v) is 5.82. The third-order valence-electron chi connectivity index (χ3n) is 5.82. The Balaban J connectivity index is 2.19. The molecule has 1 amide bonds. The monoisotopic (exact) mass is 449 g/mol. The van der Waals surface area contributed by atoms with E-state index in [-0.39, 0.29) is 16.7 Å². The molecule has 0 aromatic heterocycles. The zero-order chi connectivity index (χ0) is 24.5. The molecule has 6 nitrogen and oxygen atoms in total. The molecule has 33 heavy (non-hydrogen) atoms. The van der Waals surface area contributed by atoms with Crippen LogP contribution in [0, 0.1) is 6.92 Å². The van der Waals surface area contributed by atoms with E-state index in [0.717, 1.165) is 11.1 Å². The molecular weight excluding hydrogens is 418 g/mol. The molecule has 0 aliphatic carbocycles. The number of ketones is 1. The van der Waals surface area contributed by atoms with Crippen molar-refractivity contribution in [2.75, 3.05) is 6.54 Å². The Morgan fingerprint density at radius 1 is 1.09 bits per heavy atom. The van der Waals surface area contributed by atoms with Crippen molar-refractivity contribution in [1.82, 2.24) is 4.90 Å². The van der Waals surface area contributed by atoms with Crippen molar-refractivity contribution in [2.24, 2.45) is 0 Å². The summed E-state index contributed by atoms with van der Waals surface area (Å²) in [4.78, 5) is 38.8. The van der Waals surface area contributed by atoms with Gasteiger partial charge in [0.2, 0.25) is 0 Å². The number of benzene rings is 2. The standard InChI is InChI=1S/C27H31NO5/c1-7-14-28-23(18-9-12-20(13-10-18)33-17(3)29)22(25(31)26(28)32)24(30)21-15-19(27(4,5)6)11-8-16(21)2/h8-13,15,23,30H,7,14H2,1-6H3/b24-22+.